The maximum absolute atomic E-state index is 12.7. The summed E-state index contributed by atoms with van der Waals surface area (Å²) in [6.45, 7) is 6.54. The standard InChI is InChI=1S/C25H26N6O/c1-18-23(16-20-7-4-3-5-8-20)24(28-19(2)27-18)30-11-13-31(14-12-30)25(32)29-22-10-6-9-21(15-22)17-26/h3-10,15H,11-14,16H2,1-2H3,(H,29,32). The van der Waals surface area contributed by atoms with Gasteiger partial charge in [0.25, 0.3) is 0 Å². The van der Waals surface area contributed by atoms with E-state index in [9.17, 15) is 4.79 Å². The molecule has 1 N–H and O–H groups in total. The van der Waals surface area contributed by atoms with Gasteiger partial charge in [0.05, 0.1) is 11.6 Å². The van der Waals surface area contributed by atoms with Crippen LogP contribution in [0.15, 0.2) is 54.6 Å². The van der Waals surface area contributed by atoms with Crippen LogP contribution in [0.1, 0.15) is 28.2 Å². The molecule has 0 spiro atoms. The molecular weight excluding hydrogens is 400 g/mol. The van der Waals surface area contributed by atoms with Gasteiger partial charge in [-0.05, 0) is 37.6 Å². The second-order valence-electron chi connectivity index (χ2n) is 7.92. The van der Waals surface area contributed by atoms with Gasteiger partial charge in [-0.1, -0.05) is 36.4 Å². The smallest absolute Gasteiger partial charge is 0.321 e. The summed E-state index contributed by atoms with van der Waals surface area (Å²) in [4.78, 5) is 26.1. The first-order chi connectivity index (χ1) is 15.5. The summed E-state index contributed by atoms with van der Waals surface area (Å²) in [6, 6.07) is 19.2. The highest BCUT2D eigenvalue weighted by molar-refractivity contribution is 5.89. The predicted molar refractivity (Wildman–Crippen MR) is 125 cm³/mol. The number of aromatic nitrogens is 2. The van der Waals surface area contributed by atoms with E-state index in [1.807, 2.05) is 32.0 Å². The lowest BCUT2D eigenvalue weighted by Crippen LogP contribution is -2.50. The lowest BCUT2D eigenvalue weighted by molar-refractivity contribution is 0.208. The summed E-state index contributed by atoms with van der Waals surface area (Å²) < 4.78 is 0. The number of carbonyl (C=O) groups excluding carboxylic acids is 1. The molecule has 0 bridgehead atoms. The van der Waals surface area contributed by atoms with Gasteiger partial charge in [-0.25, -0.2) is 14.8 Å². The molecule has 1 saturated heterocycles. The van der Waals surface area contributed by atoms with Crippen molar-refractivity contribution in [3.05, 3.63) is 82.8 Å². The number of hydrogen-bond donors (Lipinski definition) is 1. The number of anilines is 2. The van der Waals surface area contributed by atoms with E-state index in [2.05, 4.69) is 33.4 Å². The van der Waals surface area contributed by atoms with Gasteiger partial charge in [0, 0.05) is 49.5 Å². The molecule has 2 amide bonds. The lowest BCUT2D eigenvalue weighted by Gasteiger charge is -2.36. The quantitative estimate of drug-likeness (QED) is 0.684. The maximum atomic E-state index is 12.7. The van der Waals surface area contributed by atoms with Gasteiger partial charge in [0.15, 0.2) is 0 Å². The molecule has 1 aliphatic rings. The van der Waals surface area contributed by atoms with Crippen molar-refractivity contribution in [1.29, 1.82) is 5.26 Å². The number of benzene rings is 2. The average molecular weight is 427 g/mol. The fraction of sp³-hybridized carbons (Fsp3) is 0.280. The number of piperazine rings is 1. The third-order valence-electron chi connectivity index (χ3n) is 5.64. The van der Waals surface area contributed by atoms with Crippen molar-refractivity contribution in [3.63, 3.8) is 0 Å². The van der Waals surface area contributed by atoms with E-state index in [1.54, 1.807) is 29.2 Å². The Balaban J connectivity index is 1.46. The van der Waals surface area contributed by atoms with Gasteiger partial charge in [-0.3, -0.25) is 0 Å². The summed E-state index contributed by atoms with van der Waals surface area (Å²) in [5.74, 6) is 1.72. The minimum Gasteiger partial charge on any atom is -0.353 e. The average Bonchev–Trinajstić information content (AvgIpc) is 2.81. The van der Waals surface area contributed by atoms with Crippen LogP contribution < -0.4 is 10.2 Å². The van der Waals surface area contributed by atoms with Crippen LogP contribution in [-0.2, 0) is 6.42 Å². The third kappa shape index (κ3) is 4.86. The van der Waals surface area contributed by atoms with E-state index in [1.165, 1.54) is 5.56 Å². The number of nitriles is 1. The summed E-state index contributed by atoms with van der Waals surface area (Å²) in [5.41, 5.74) is 4.50. The fourth-order valence-corrected chi connectivity index (χ4v) is 3.98. The molecule has 7 heteroatoms. The third-order valence-corrected chi connectivity index (χ3v) is 5.64. The highest BCUT2D eigenvalue weighted by atomic mass is 16.2. The Kier molecular flexibility index (Phi) is 6.31. The molecular formula is C25H26N6O. The fourth-order valence-electron chi connectivity index (χ4n) is 3.98. The Morgan fingerprint density at radius 3 is 2.50 bits per heavy atom. The number of amides is 2. The molecule has 4 rings (SSSR count). The summed E-state index contributed by atoms with van der Waals surface area (Å²) in [6.07, 6.45) is 0.776. The molecule has 32 heavy (non-hydrogen) atoms. The van der Waals surface area contributed by atoms with Crippen LogP contribution in [0.4, 0.5) is 16.3 Å². The van der Waals surface area contributed by atoms with Crippen molar-refractivity contribution in [2.75, 3.05) is 36.4 Å². The van der Waals surface area contributed by atoms with Crippen LogP contribution in [0.25, 0.3) is 0 Å². The zero-order valence-electron chi connectivity index (χ0n) is 18.4. The monoisotopic (exact) mass is 426 g/mol. The Morgan fingerprint density at radius 2 is 1.78 bits per heavy atom. The van der Waals surface area contributed by atoms with Crippen molar-refractivity contribution in [2.45, 2.75) is 20.3 Å². The normalized spacial score (nSPS) is 13.5. The van der Waals surface area contributed by atoms with Gasteiger partial charge >= 0.3 is 6.03 Å². The van der Waals surface area contributed by atoms with Gasteiger partial charge in [-0.2, -0.15) is 5.26 Å². The predicted octanol–water partition coefficient (Wildman–Crippen LogP) is 3.91. The first-order valence-electron chi connectivity index (χ1n) is 10.7. The van der Waals surface area contributed by atoms with Gasteiger partial charge in [0.1, 0.15) is 11.6 Å². The van der Waals surface area contributed by atoms with E-state index in [4.69, 9.17) is 10.2 Å². The molecule has 2 aromatic carbocycles. The van der Waals surface area contributed by atoms with Crippen LogP contribution in [0, 0.1) is 25.2 Å². The number of rotatable bonds is 4. The van der Waals surface area contributed by atoms with Crippen LogP contribution in [-0.4, -0.2) is 47.1 Å². The van der Waals surface area contributed by atoms with Crippen LogP contribution in [0.3, 0.4) is 0 Å². The van der Waals surface area contributed by atoms with Crippen molar-refractivity contribution in [2.24, 2.45) is 0 Å². The number of nitrogens with zero attached hydrogens (tertiary/aromatic N) is 5. The van der Waals surface area contributed by atoms with E-state index in [0.29, 0.717) is 37.4 Å². The molecule has 1 fully saturated rings. The first kappa shape index (κ1) is 21.3. The number of carbonyl (C=O) groups is 1. The van der Waals surface area contributed by atoms with Crippen molar-refractivity contribution < 1.29 is 4.79 Å². The molecule has 0 atom stereocenters. The zero-order valence-corrected chi connectivity index (χ0v) is 18.4. The lowest BCUT2D eigenvalue weighted by atomic mass is 10.0. The van der Waals surface area contributed by atoms with Gasteiger partial charge in [0.2, 0.25) is 0 Å². The second-order valence-corrected chi connectivity index (χ2v) is 7.92. The number of nitrogens with one attached hydrogen (secondary N) is 1. The minimum absolute atomic E-state index is 0.153. The van der Waals surface area contributed by atoms with Crippen molar-refractivity contribution in [1.82, 2.24) is 14.9 Å². The zero-order chi connectivity index (χ0) is 22.5. The van der Waals surface area contributed by atoms with Crippen LogP contribution in [0.5, 0.6) is 0 Å². The van der Waals surface area contributed by atoms with E-state index >= 15 is 0 Å². The Labute approximate surface area is 188 Å². The Hall–Kier alpha value is -3.92. The van der Waals surface area contributed by atoms with E-state index in [0.717, 1.165) is 29.3 Å². The van der Waals surface area contributed by atoms with Gasteiger partial charge < -0.3 is 15.1 Å². The topological polar surface area (TPSA) is 85.2 Å². The molecule has 1 aliphatic heterocycles. The largest absolute Gasteiger partial charge is 0.353 e. The van der Waals surface area contributed by atoms with Crippen LogP contribution >= 0.6 is 0 Å². The number of urea groups is 1. The molecule has 2 heterocycles. The SMILES string of the molecule is Cc1nc(C)c(Cc2ccccc2)c(N2CCN(C(=O)Nc3cccc(C#N)c3)CC2)n1. The molecule has 7 nitrogen and oxygen atoms in total. The highest BCUT2D eigenvalue weighted by Gasteiger charge is 2.25. The second kappa shape index (κ2) is 9.48. The summed E-state index contributed by atoms with van der Waals surface area (Å²) in [5, 5.41) is 11.9. The number of aryl methyl sites for hydroxylation is 2. The van der Waals surface area contributed by atoms with Crippen molar-refractivity contribution in [3.8, 4) is 6.07 Å². The summed E-state index contributed by atoms with van der Waals surface area (Å²) >= 11 is 0. The Morgan fingerprint density at radius 1 is 1.03 bits per heavy atom. The molecule has 0 radical (unpaired) electrons. The molecule has 1 aromatic heterocycles. The molecule has 0 unspecified atom stereocenters. The maximum Gasteiger partial charge on any atom is 0.321 e. The highest BCUT2D eigenvalue weighted by Crippen LogP contribution is 2.25. The van der Waals surface area contributed by atoms with Crippen LogP contribution in [0.2, 0.25) is 0 Å². The van der Waals surface area contributed by atoms with E-state index in [-0.39, 0.29) is 6.03 Å². The summed E-state index contributed by atoms with van der Waals surface area (Å²) in [7, 11) is 0. The first-order valence-corrected chi connectivity index (χ1v) is 10.7. The van der Waals surface area contributed by atoms with Gasteiger partial charge in [-0.15, -0.1) is 0 Å². The number of hydrogen-bond acceptors (Lipinski definition) is 5. The molecule has 0 aliphatic carbocycles. The minimum atomic E-state index is -0.153. The van der Waals surface area contributed by atoms with E-state index < -0.39 is 0 Å². The molecule has 3 aromatic rings. The Bertz CT molecular complexity index is 1150. The molecule has 162 valence electrons. The van der Waals surface area contributed by atoms with Crippen molar-refractivity contribution >= 4 is 17.5 Å². The molecule has 0 saturated carbocycles.